The molecule has 19 heavy (non-hydrogen) atoms. The number of nitrogen functional groups attached to an aromatic ring is 1. The number of thiazole rings is 1. The molecule has 96 valence electrons. The Balaban J connectivity index is 1.95. The second kappa shape index (κ2) is 4.20. The minimum Gasteiger partial charge on any atom is -0.390 e. The average Bonchev–Trinajstić information content (AvgIpc) is 3.01. The monoisotopic (exact) mass is 306 g/mol. The van der Waals surface area contributed by atoms with Crippen LogP contribution in [0.4, 0.5) is 5.00 Å². The summed E-state index contributed by atoms with van der Waals surface area (Å²) in [6.07, 6.45) is 3.54. The fourth-order valence-electron chi connectivity index (χ4n) is 2.67. The summed E-state index contributed by atoms with van der Waals surface area (Å²) >= 11 is 9.45. The number of nitrogens with two attached hydrogens (primary N) is 1. The third-order valence-electron chi connectivity index (χ3n) is 3.51. The van der Waals surface area contributed by atoms with Gasteiger partial charge in [-0.2, -0.15) is 0 Å². The molecule has 2 aromatic heterocycles. The summed E-state index contributed by atoms with van der Waals surface area (Å²) in [7, 11) is 0. The van der Waals surface area contributed by atoms with Crippen molar-refractivity contribution in [1.82, 2.24) is 4.98 Å². The van der Waals surface area contributed by atoms with Gasteiger partial charge in [0.1, 0.15) is 5.01 Å². The Hall–Kier alpha value is -1.10. The third-order valence-corrected chi connectivity index (χ3v) is 5.92. The van der Waals surface area contributed by atoms with Gasteiger partial charge < -0.3 is 5.73 Å². The molecule has 0 saturated carbocycles. The van der Waals surface area contributed by atoms with Crippen molar-refractivity contribution < 1.29 is 0 Å². The Bertz CT molecular complexity index is 788. The highest BCUT2D eigenvalue weighted by Crippen LogP contribution is 2.45. The number of nitrogens with zero attached hydrogens (tertiary/aromatic N) is 1. The molecule has 0 fully saturated rings. The molecule has 1 aromatic carbocycles. The van der Waals surface area contributed by atoms with Gasteiger partial charge in [0, 0.05) is 15.5 Å². The van der Waals surface area contributed by atoms with Crippen LogP contribution in [-0.2, 0) is 12.8 Å². The van der Waals surface area contributed by atoms with Crippen LogP contribution < -0.4 is 5.73 Å². The van der Waals surface area contributed by atoms with E-state index in [4.69, 9.17) is 22.3 Å². The Labute approximate surface area is 123 Å². The highest BCUT2D eigenvalue weighted by atomic mass is 35.5. The first kappa shape index (κ1) is 11.7. The van der Waals surface area contributed by atoms with E-state index in [1.165, 1.54) is 28.8 Å². The Morgan fingerprint density at radius 3 is 3.00 bits per heavy atom. The maximum absolute atomic E-state index is 6.19. The van der Waals surface area contributed by atoms with Crippen LogP contribution in [0, 0.1) is 0 Å². The molecular weight excluding hydrogens is 296 g/mol. The van der Waals surface area contributed by atoms with Gasteiger partial charge in [-0.25, -0.2) is 4.98 Å². The van der Waals surface area contributed by atoms with Crippen molar-refractivity contribution >= 4 is 49.5 Å². The highest BCUT2D eigenvalue weighted by Gasteiger charge is 2.23. The molecule has 4 rings (SSSR count). The first-order valence-electron chi connectivity index (χ1n) is 6.19. The Morgan fingerprint density at radius 2 is 2.11 bits per heavy atom. The lowest BCUT2D eigenvalue weighted by Crippen LogP contribution is -1.87. The number of anilines is 1. The molecule has 5 heteroatoms. The average molecular weight is 307 g/mol. The zero-order valence-electron chi connectivity index (χ0n) is 10.1. The van der Waals surface area contributed by atoms with E-state index in [0.29, 0.717) is 0 Å². The zero-order valence-corrected chi connectivity index (χ0v) is 12.5. The molecule has 2 heterocycles. The number of hydrogen-bond donors (Lipinski definition) is 1. The van der Waals surface area contributed by atoms with Gasteiger partial charge in [0.25, 0.3) is 0 Å². The maximum Gasteiger partial charge on any atom is 0.127 e. The van der Waals surface area contributed by atoms with Crippen LogP contribution in [0.1, 0.15) is 16.9 Å². The summed E-state index contributed by atoms with van der Waals surface area (Å²) in [6, 6.07) is 5.86. The summed E-state index contributed by atoms with van der Waals surface area (Å²) in [5.41, 5.74) is 9.76. The van der Waals surface area contributed by atoms with Crippen molar-refractivity contribution in [3.8, 4) is 10.6 Å². The largest absolute Gasteiger partial charge is 0.390 e. The number of aryl methyl sites for hydroxylation is 1. The molecule has 3 aromatic rings. The predicted octanol–water partition coefficient (Wildman–Crippen LogP) is 4.75. The second-order valence-corrected chi connectivity index (χ2v) is 7.33. The molecular formula is C14H11ClN2S2. The SMILES string of the molecule is Nc1sc2c(c1-c1nc3cc(Cl)ccc3s1)CCC2. The van der Waals surface area contributed by atoms with E-state index in [-0.39, 0.29) is 0 Å². The van der Waals surface area contributed by atoms with E-state index < -0.39 is 0 Å². The van der Waals surface area contributed by atoms with Crippen LogP contribution in [-0.4, -0.2) is 4.98 Å². The standard InChI is InChI=1S/C14H11ClN2S2/c15-7-4-5-11-9(6-7)17-14(19-11)12-8-2-1-3-10(8)18-13(12)16/h4-6H,1-3,16H2. The van der Waals surface area contributed by atoms with Crippen molar-refractivity contribution in [3.05, 3.63) is 33.7 Å². The minimum atomic E-state index is 0.730. The molecule has 0 saturated heterocycles. The van der Waals surface area contributed by atoms with Gasteiger partial charge in [-0.3, -0.25) is 0 Å². The Kier molecular flexibility index (Phi) is 2.59. The number of aromatic nitrogens is 1. The van der Waals surface area contributed by atoms with Gasteiger partial charge in [-0.15, -0.1) is 22.7 Å². The van der Waals surface area contributed by atoms with Gasteiger partial charge in [-0.1, -0.05) is 11.6 Å². The molecule has 0 bridgehead atoms. The summed E-state index contributed by atoms with van der Waals surface area (Å²) in [5.74, 6) is 0. The Morgan fingerprint density at radius 1 is 1.21 bits per heavy atom. The van der Waals surface area contributed by atoms with E-state index in [1.807, 2.05) is 18.2 Å². The number of rotatable bonds is 1. The van der Waals surface area contributed by atoms with E-state index >= 15 is 0 Å². The summed E-state index contributed by atoms with van der Waals surface area (Å²) in [6.45, 7) is 0. The van der Waals surface area contributed by atoms with Crippen LogP contribution in [0.3, 0.4) is 0 Å². The van der Waals surface area contributed by atoms with Crippen molar-refractivity contribution in [2.75, 3.05) is 5.73 Å². The van der Waals surface area contributed by atoms with Crippen LogP contribution in [0.5, 0.6) is 0 Å². The number of halogens is 1. The van der Waals surface area contributed by atoms with Crippen molar-refractivity contribution in [2.45, 2.75) is 19.3 Å². The molecule has 1 aliphatic carbocycles. The topological polar surface area (TPSA) is 38.9 Å². The summed E-state index contributed by atoms with van der Waals surface area (Å²) < 4.78 is 1.16. The molecule has 2 nitrogen and oxygen atoms in total. The summed E-state index contributed by atoms with van der Waals surface area (Å²) in [4.78, 5) is 6.16. The summed E-state index contributed by atoms with van der Waals surface area (Å²) in [5, 5.41) is 2.68. The maximum atomic E-state index is 6.19. The normalized spacial score (nSPS) is 14.2. The van der Waals surface area contributed by atoms with Crippen molar-refractivity contribution in [2.24, 2.45) is 0 Å². The van der Waals surface area contributed by atoms with E-state index in [9.17, 15) is 0 Å². The lowest BCUT2D eigenvalue weighted by atomic mass is 10.1. The number of fused-ring (bicyclic) bond motifs is 2. The quantitative estimate of drug-likeness (QED) is 0.704. The van der Waals surface area contributed by atoms with Crippen LogP contribution >= 0.6 is 34.3 Å². The molecule has 0 spiro atoms. The highest BCUT2D eigenvalue weighted by molar-refractivity contribution is 7.22. The van der Waals surface area contributed by atoms with E-state index in [1.54, 1.807) is 22.7 Å². The third kappa shape index (κ3) is 1.78. The van der Waals surface area contributed by atoms with Gasteiger partial charge >= 0.3 is 0 Å². The zero-order chi connectivity index (χ0) is 13.0. The minimum absolute atomic E-state index is 0.730. The van der Waals surface area contributed by atoms with Gasteiger partial charge in [0.05, 0.1) is 15.2 Å². The van der Waals surface area contributed by atoms with E-state index in [2.05, 4.69) is 0 Å². The molecule has 2 N–H and O–H groups in total. The molecule has 0 aliphatic heterocycles. The number of thiophene rings is 1. The fraction of sp³-hybridized carbons (Fsp3) is 0.214. The van der Waals surface area contributed by atoms with Gasteiger partial charge in [0.15, 0.2) is 0 Å². The number of benzene rings is 1. The molecule has 0 atom stereocenters. The lowest BCUT2D eigenvalue weighted by molar-refractivity contribution is 0.915. The fourth-order valence-corrected chi connectivity index (χ4v) is 5.09. The van der Waals surface area contributed by atoms with Crippen LogP contribution in [0.2, 0.25) is 5.02 Å². The molecule has 0 amide bonds. The van der Waals surface area contributed by atoms with Crippen LogP contribution in [0.15, 0.2) is 18.2 Å². The first-order chi connectivity index (χ1) is 9.22. The van der Waals surface area contributed by atoms with Gasteiger partial charge in [0.2, 0.25) is 0 Å². The number of hydrogen-bond acceptors (Lipinski definition) is 4. The second-order valence-electron chi connectivity index (χ2n) is 4.73. The first-order valence-corrected chi connectivity index (χ1v) is 8.20. The molecule has 0 radical (unpaired) electrons. The smallest absolute Gasteiger partial charge is 0.127 e. The predicted molar refractivity (Wildman–Crippen MR) is 84.4 cm³/mol. The van der Waals surface area contributed by atoms with Crippen molar-refractivity contribution in [1.29, 1.82) is 0 Å². The van der Waals surface area contributed by atoms with E-state index in [0.717, 1.165) is 31.7 Å². The van der Waals surface area contributed by atoms with Crippen LogP contribution in [0.25, 0.3) is 20.8 Å². The van der Waals surface area contributed by atoms with Crippen molar-refractivity contribution in [3.63, 3.8) is 0 Å². The molecule has 1 aliphatic rings. The van der Waals surface area contributed by atoms with Gasteiger partial charge in [-0.05, 0) is 43.0 Å². The molecule has 0 unspecified atom stereocenters. The lowest BCUT2D eigenvalue weighted by Gasteiger charge is -1.98.